The number of pyridine rings is 1. The molecule has 0 fully saturated rings. The summed E-state index contributed by atoms with van der Waals surface area (Å²) < 4.78 is 2.49. The van der Waals surface area contributed by atoms with Gasteiger partial charge in [0.2, 0.25) is 0 Å². The molecular formula is C22H27ClN4. The fourth-order valence-corrected chi connectivity index (χ4v) is 4.18. The number of halogens is 1. The van der Waals surface area contributed by atoms with Crippen LogP contribution in [0.5, 0.6) is 0 Å². The van der Waals surface area contributed by atoms with E-state index in [-0.39, 0.29) is 0 Å². The zero-order chi connectivity index (χ0) is 19.0. The SMILES string of the molecule is CC(C)Nc1ccc(CCn2c3c(c4cc(Cl)ccc42)CN(C)CC3)cn1. The first-order valence-electron chi connectivity index (χ1n) is 9.71. The summed E-state index contributed by atoms with van der Waals surface area (Å²) >= 11 is 6.29. The van der Waals surface area contributed by atoms with Crippen LogP contribution < -0.4 is 5.32 Å². The molecule has 0 bridgehead atoms. The molecule has 0 aliphatic carbocycles. The van der Waals surface area contributed by atoms with Gasteiger partial charge in [-0.15, -0.1) is 0 Å². The first-order valence-corrected chi connectivity index (χ1v) is 10.1. The van der Waals surface area contributed by atoms with Crippen molar-refractivity contribution in [2.45, 2.75) is 45.8 Å². The lowest BCUT2D eigenvalue weighted by molar-refractivity contribution is 0.309. The second-order valence-corrected chi connectivity index (χ2v) is 8.26. The third-order valence-electron chi connectivity index (χ3n) is 5.29. The maximum absolute atomic E-state index is 6.29. The van der Waals surface area contributed by atoms with E-state index in [0.29, 0.717) is 6.04 Å². The molecule has 142 valence electrons. The average molecular weight is 383 g/mol. The highest BCUT2D eigenvalue weighted by Crippen LogP contribution is 2.32. The van der Waals surface area contributed by atoms with Crippen molar-refractivity contribution >= 4 is 28.3 Å². The van der Waals surface area contributed by atoms with Crippen LogP contribution in [-0.2, 0) is 25.9 Å². The van der Waals surface area contributed by atoms with Crippen molar-refractivity contribution in [2.24, 2.45) is 0 Å². The van der Waals surface area contributed by atoms with E-state index in [1.807, 2.05) is 12.3 Å². The Kier molecular flexibility index (Phi) is 5.11. The summed E-state index contributed by atoms with van der Waals surface area (Å²) in [7, 11) is 2.19. The van der Waals surface area contributed by atoms with Gasteiger partial charge in [0.25, 0.3) is 0 Å². The quantitative estimate of drug-likeness (QED) is 0.691. The Hall–Kier alpha value is -2.04. The van der Waals surface area contributed by atoms with E-state index in [1.165, 1.54) is 27.7 Å². The van der Waals surface area contributed by atoms with Crippen LogP contribution in [0.1, 0.15) is 30.7 Å². The van der Waals surface area contributed by atoms with Crippen LogP contribution in [-0.4, -0.2) is 34.1 Å². The molecule has 0 radical (unpaired) electrons. The largest absolute Gasteiger partial charge is 0.368 e. The molecule has 1 aliphatic rings. The normalized spacial score (nSPS) is 14.7. The van der Waals surface area contributed by atoms with Crippen LogP contribution in [0.4, 0.5) is 5.82 Å². The van der Waals surface area contributed by atoms with E-state index in [9.17, 15) is 0 Å². The molecule has 27 heavy (non-hydrogen) atoms. The van der Waals surface area contributed by atoms with Crippen molar-refractivity contribution in [3.8, 4) is 0 Å². The van der Waals surface area contributed by atoms with Gasteiger partial charge in [-0.25, -0.2) is 4.98 Å². The molecule has 0 spiro atoms. The minimum atomic E-state index is 0.395. The fraction of sp³-hybridized carbons (Fsp3) is 0.409. The number of rotatable bonds is 5. The first kappa shape index (κ1) is 18.3. The average Bonchev–Trinajstić information content (AvgIpc) is 2.93. The summed E-state index contributed by atoms with van der Waals surface area (Å²) in [4.78, 5) is 6.93. The highest BCUT2D eigenvalue weighted by Gasteiger charge is 2.22. The van der Waals surface area contributed by atoms with Crippen LogP contribution in [0, 0.1) is 0 Å². The Labute approximate surface area is 166 Å². The number of fused-ring (bicyclic) bond motifs is 3. The lowest BCUT2D eigenvalue weighted by atomic mass is 10.1. The number of nitrogens with zero attached hydrogens (tertiary/aromatic N) is 3. The Morgan fingerprint density at radius 1 is 1.22 bits per heavy atom. The van der Waals surface area contributed by atoms with Gasteiger partial charge in [-0.2, -0.15) is 0 Å². The van der Waals surface area contributed by atoms with Crippen LogP contribution in [0.3, 0.4) is 0 Å². The number of aromatic nitrogens is 2. The lowest BCUT2D eigenvalue weighted by Crippen LogP contribution is -2.27. The molecule has 3 heterocycles. The van der Waals surface area contributed by atoms with Gasteiger partial charge < -0.3 is 14.8 Å². The number of hydrogen-bond donors (Lipinski definition) is 1. The second-order valence-electron chi connectivity index (χ2n) is 7.83. The molecule has 3 aromatic rings. The molecule has 0 saturated carbocycles. The minimum absolute atomic E-state index is 0.395. The molecule has 0 saturated heterocycles. The van der Waals surface area contributed by atoms with E-state index >= 15 is 0 Å². The summed E-state index contributed by atoms with van der Waals surface area (Å²) in [5, 5.41) is 5.46. The standard InChI is InChI=1S/C22H27ClN4/c1-15(2)25-22-7-4-16(13-24-22)8-11-27-20-6-5-17(23)12-18(20)19-14-26(3)10-9-21(19)27/h4-7,12-13,15H,8-11,14H2,1-3H3,(H,24,25). The molecule has 0 atom stereocenters. The Morgan fingerprint density at radius 3 is 2.81 bits per heavy atom. The molecule has 0 unspecified atom stereocenters. The van der Waals surface area contributed by atoms with Crippen LogP contribution >= 0.6 is 11.6 Å². The van der Waals surface area contributed by atoms with Crippen molar-refractivity contribution in [3.05, 3.63) is 58.4 Å². The molecule has 0 amide bonds. The summed E-state index contributed by atoms with van der Waals surface area (Å²) in [6, 6.07) is 11.0. The van der Waals surface area contributed by atoms with Crippen molar-refractivity contribution in [1.29, 1.82) is 0 Å². The van der Waals surface area contributed by atoms with Gasteiger partial charge in [0.05, 0.1) is 0 Å². The molecule has 1 aliphatic heterocycles. The third kappa shape index (κ3) is 3.83. The van der Waals surface area contributed by atoms with Gasteiger partial charge in [0.1, 0.15) is 5.82 Å². The zero-order valence-electron chi connectivity index (χ0n) is 16.3. The summed E-state index contributed by atoms with van der Waals surface area (Å²) in [5.74, 6) is 0.940. The van der Waals surface area contributed by atoms with E-state index in [2.05, 4.69) is 64.9 Å². The smallest absolute Gasteiger partial charge is 0.126 e. The van der Waals surface area contributed by atoms with Crippen molar-refractivity contribution < 1.29 is 0 Å². The summed E-state index contributed by atoms with van der Waals surface area (Å²) in [6.45, 7) is 7.32. The van der Waals surface area contributed by atoms with E-state index in [1.54, 1.807) is 0 Å². The summed E-state index contributed by atoms with van der Waals surface area (Å²) in [6.07, 6.45) is 4.06. The molecule has 4 rings (SSSR count). The topological polar surface area (TPSA) is 33.1 Å². The van der Waals surface area contributed by atoms with Crippen LogP contribution in [0.2, 0.25) is 5.02 Å². The zero-order valence-corrected chi connectivity index (χ0v) is 17.1. The van der Waals surface area contributed by atoms with Crippen LogP contribution in [0.15, 0.2) is 36.5 Å². The molecular weight excluding hydrogens is 356 g/mol. The predicted octanol–water partition coefficient (Wildman–Crippen LogP) is 4.74. The third-order valence-corrected chi connectivity index (χ3v) is 5.53. The highest BCUT2D eigenvalue weighted by molar-refractivity contribution is 6.31. The minimum Gasteiger partial charge on any atom is -0.368 e. The lowest BCUT2D eigenvalue weighted by Gasteiger charge is -2.24. The van der Waals surface area contributed by atoms with Gasteiger partial charge in [0, 0.05) is 59.9 Å². The van der Waals surface area contributed by atoms with E-state index < -0.39 is 0 Å². The Balaban J connectivity index is 1.60. The van der Waals surface area contributed by atoms with Gasteiger partial charge in [-0.1, -0.05) is 17.7 Å². The van der Waals surface area contributed by atoms with E-state index in [0.717, 1.165) is 43.3 Å². The fourth-order valence-electron chi connectivity index (χ4n) is 4.01. The van der Waals surface area contributed by atoms with Gasteiger partial charge in [-0.3, -0.25) is 0 Å². The molecule has 1 N–H and O–H groups in total. The predicted molar refractivity (Wildman–Crippen MR) is 114 cm³/mol. The molecule has 4 nitrogen and oxygen atoms in total. The Bertz CT molecular complexity index is 943. The van der Waals surface area contributed by atoms with Crippen molar-refractivity contribution in [1.82, 2.24) is 14.5 Å². The maximum atomic E-state index is 6.29. The maximum Gasteiger partial charge on any atom is 0.126 e. The summed E-state index contributed by atoms with van der Waals surface area (Å²) in [5.41, 5.74) is 5.47. The number of likely N-dealkylation sites (N-methyl/N-ethyl adjacent to an activating group) is 1. The molecule has 5 heteroatoms. The number of aryl methyl sites for hydroxylation is 2. The number of benzene rings is 1. The first-order chi connectivity index (χ1) is 13.0. The molecule has 1 aromatic carbocycles. The van der Waals surface area contributed by atoms with Crippen molar-refractivity contribution in [3.63, 3.8) is 0 Å². The van der Waals surface area contributed by atoms with E-state index in [4.69, 9.17) is 11.6 Å². The van der Waals surface area contributed by atoms with Gasteiger partial charge in [-0.05, 0) is 62.7 Å². The number of nitrogens with one attached hydrogen (secondary N) is 1. The number of anilines is 1. The monoisotopic (exact) mass is 382 g/mol. The molecule has 2 aromatic heterocycles. The number of hydrogen-bond acceptors (Lipinski definition) is 3. The van der Waals surface area contributed by atoms with Crippen LogP contribution in [0.25, 0.3) is 10.9 Å². The highest BCUT2D eigenvalue weighted by atomic mass is 35.5. The van der Waals surface area contributed by atoms with Crippen molar-refractivity contribution in [2.75, 3.05) is 18.9 Å². The van der Waals surface area contributed by atoms with Gasteiger partial charge >= 0.3 is 0 Å². The second kappa shape index (κ2) is 7.53. The van der Waals surface area contributed by atoms with Gasteiger partial charge in [0.15, 0.2) is 0 Å². The Morgan fingerprint density at radius 2 is 2.07 bits per heavy atom.